The summed E-state index contributed by atoms with van der Waals surface area (Å²) in [5.41, 5.74) is -0.861. The lowest BCUT2D eigenvalue weighted by atomic mass is 9.61. The van der Waals surface area contributed by atoms with Gasteiger partial charge in [0.05, 0.1) is 0 Å². The Morgan fingerprint density at radius 1 is 1.24 bits per heavy atom. The van der Waals surface area contributed by atoms with Gasteiger partial charge < -0.3 is 10.1 Å². The third kappa shape index (κ3) is 3.11. The van der Waals surface area contributed by atoms with Crippen molar-refractivity contribution in [2.75, 3.05) is 13.1 Å². The number of alkyl halides is 3. The predicted octanol–water partition coefficient (Wildman–Crippen LogP) is 3.43. The highest BCUT2D eigenvalue weighted by atomic mass is 35.5. The number of ether oxygens (including phenoxy) is 1. The van der Waals surface area contributed by atoms with Gasteiger partial charge in [0.25, 0.3) is 0 Å². The number of rotatable bonds is 2. The number of hydrogen-bond acceptors (Lipinski definition) is 3. The van der Waals surface area contributed by atoms with Crippen molar-refractivity contribution in [1.29, 1.82) is 0 Å². The Kier molecular flexibility index (Phi) is 4.68. The molecule has 1 aliphatic carbocycles. The molecule has 1 saturated heterocycles. The Bertz CT molecular complexity index is 489. The van der Waals surface area contributed by atoms with Gasteiger partial charge in [-0.25, -0.2) is 4.98 Å². The molecule has 3 rings (SSSR count). The van der Waals surface area contributed by atoms with Gasteiger partial charge in [0.2, 0.25) is 0 Å². The minimum absolute atomic E-state index is 0. The number of halogens is 4. The van der Waals surface area contributed by atoms with Crippen LogP contribution in [0.1, 0.15) is 31.4 Å². The van der Waals surface area contributed by atoms with E-state index in [-0.39, 0.29) is 29.7 Å². The molecule has 1 unspecified atom stereocenters. The number of pyridine rings is 1. The molecule has 7 heteroatoms. The summed E-state index contributed by atoms with van der Waals surface area (Å²) in [7, 11) is 0. The SMILES string of the molecule is Cl.FC(F)(F)c1ncccc1OC1CCC12CCNCC2. The van der Waals surface area contributed by atoms with Crippen LogP contribution in [0.4, 0.5) is 13.2 Å². The summed E-state index contributed by atoms with van der Waals surface area (Å²) >= 11 is 0. The van der Waals surface area contributed by atoms with E-state index in [1.54, 1.807) is 0 Å². The van der Waals surface area contributed by atoms with Crippen LogP contribution in [-0.4, -0.2) is 24.2 Å². The zero-order valence-electron chi connectivity index (χ0n) is 11.4. The van der Waals surface area contributed by atoms with Gasteiger partial charge in [-0.1, -0.05) is 0 Å². The first-order chi connectivity index (χ1) is 9.51. The second-order valence-electron chi connectivity index (χ2n) is 5.61. The van der Waals surface area contributed by atoms with E-state index in [1.807, 2.05) is 0 Å². The van der Waals surface area contributed by atoms with Gasteiger partial charge in [-0.15, -0.1) is 12.4 Å². The van der Waals surface area contributed by atoms with Crippen molar-refractivity contribution in [1.82, 2.24) is 10.3 Å². The Hall–Kier alpha value is -1.01. The summed E-state index contributed by atoms with van der Waals surface area (Å²) in [5.74, 6) is -0.136. The average Bonchev–Trinajstić information content (AvgIpc) is 2.44. The van der Waals surface area contributed by atoms with Crippen LogP contribution >= 0.6 is 12.4 Å². The maximum Gasteiger partial charge on any atom is 0.437 e. The van der Waals surface area contributed by atoms with Crippen molar-refractivity contribution in [3.05, 3.63) is 24.0 Å². The predicted molar refractivity (Wildman–Crippen MR) is 74.7 cm³/mol. The lowest BCUT2D eigenvalue weighted by molar-refractivity contribution is -0.145. The molecule has 2 heterocycles. The number of hydrogen-bond donors (Lipinski definition) is 1. The minimum atomic E-state index is -4.47. The van der Waals surface area contributed by atoms with Gasteiger partial charge >= 0.3 is 6.18 Å². The van der Waals surface area contributed by atoms with Gasteiger partial charge in [-0.05, 0) is 50.9 Å². The van der Waals surface area contributed by atoms with Crippen molar-refractivity contribution < 1.29 is 17.9 Å². The first kappa shape index (κ1) is 16.4. The Morgan fingerprint density at radius 3 is 2.52 bits per heavy atom. The molecule has 2 fully saturated rings. The highest BCUT2D eigenvalue weighted by molar-refractivity contribution is 5.85. The first-order valence-corrected chi connectivity index (χ1v) is 6.91. The molecule has 1 aromatic rings. The number of aromatic nitrogens is 1. The summed E-state index contributed by atoms with van der Waals surface area (Å²) in [6, 6.07) is 2.85. The van der Waals surface area contributed by atoms with E-state index in [0.717, 1.165) is 45.0 Å². The number of nitrogens with one attached hydrogen (secondary N) is 1. The average molecular weight is 323 g/mol. The zero-order chi connectivity index (χ0) is 14.2. The van der Waals surface area contributed by atoms with E-state index in [1.165, 1.54) is 12.1 Å². The molecule has 1 aliphatic heterocycles. The van der Waals surface area contributed by atoms with Crippen LogP contribution in [0.15, 0.2) is 18.3 Å². The van der Waals surface area contributed by atoms with Crippen LogP contribution in [0.5, 0.6) is 5.75 Å². The normalized spacial score (nSPS) is 24.0. The molecule has 118 valence electrons. The second kappa shape index (κ2) is 6.01. The van der Waals surface area contributed by atoms with Crippen molar-refractivity contribution in [3.8, 4) is 5.75 Å². The lowest BCUT2D eigenvalue weighted by Gasteiger charge is -2.51. The quantitative estimate of drug-likeness (QED) is 0.905. The maximum absolute atomic E-state index is 12.9. The van der Waals surface area contributed by atoms with Gasteiger partial charge in [0.1, 0.15) is 6.10 Å². The summed E-state index contributed by atoms with van der Waals surface area (Å²) < 4.78 is 44.4. The van der Waals surface area contributed by atoms with Crippen molar-refractivity contribution in [2.24, 2.45) is 5.41 Å². The van der Waals surface area contributed by atoms with Crippen LogP contribution in [0.2, 0.25) is 0 Å². The molecule has 0 bridgehead atoms. The molecule has 2 aliphatic rings. The molecule has 1 N–H and O–H groups in total. The largest absolute Gasteiger partial charge is 0.488 e. The van der Waals surface area contributed by atoms with E-state index in [0.29, 0.717) is 0 Å². The van der Waals surface area contributed by atoms with E-state index in [2.05, 4.69) is 10.3 Å². The van der Waals surface area contributed by atoms with E-state index >= 15 is 0 Å². The van der Waals surface area contributed by atoms with Crippen LogP contribution in [0.25, 0.3) is 0 Å². The molecule has 1 aromatic heterocycles. The van der Waals surface area contributed by atoms with Gasteiger partial charge in [0.15, 0.2) is 11.4 Å². The smallest absolute Gasteiger partial charge is 0.437 e. The topological polar surface area (TPSA) is 34.1 Å². The summed E-state index contributed by atoms with van der Waals surface area (Å²) in [6.45, 7) is 1.83. The Morgan fingerprint density at radius 2 is 1.95 bits per heavy atom. The van der Waals surface area contributed by atoms with Gasteiger partial charge in [0, 0.05) is 11.6 Å². The molecule has 0 aromatic carbocycles. The fourth-order valence-corrected chi connectivity index (χ4v) is 3.20. The lowest BCUT2D eigenvalue weighted by Crippen LogP contribution is -2.53. The second-order valence-corrected chi connectivity index (χ2v) is 5.61. The third-order valence-electron chi connectivity index (χ3n) is 4.50. The molecular weight excluding hydrogens is 305 g/mol. The molecule has 3 nitrogen and oxygen atoms in total. The van der Waals surface area contributed by atoms with Crippen LogP contribution in [0.3, 0.4) is 0 Å². The number of nitrogens with zero attached hydrogens (tertiary/aromatic N) is 1. The summed E-state index contributed by atoms with van der Waals surface area (Å²) in [6.07, 6.45) is 0.374. The van der Waals surface area contributed by atoms with Gasteiger partial charge in [-0.2, -0.15) is 13.2 Å². The minimum Gasteiger partial charge on any atom is -0.488 e. The summed E-state index contributed by atoms with van der Waals surface area (Å²) in [5, 5.41) is 3.28. The standard InChI is InChI=1S/C14H17F3N2O.ClH/c15-14(16,17)12-10(2-1-7-19-12)20-11-3-4-13(11)5-8-18-9-6-13;/h1-2,7,11,18H,3-6,8-9H2;1H. The first-order valence-electron chi connectivity index (χ1n) is 6.91. The third-order valence-corrected chi connectivity index (χ3v) is 4.50. The zero-order valence-corrected chi connectivity index (χ0v) is 12.3. The van der Waals surface area contributed by atoms with Crippen LogP contribution in [0, 0.1) is 5.41 Å². The summed E-state index contributed by atoms with van der Waals surface area (Å²) in [4.78, 5) is 3.43. The molecule has 1 spiro atoms. The Balaban J connectivity index is 0.00000161. The monoisotopic (exact) mass is 322 g/mol. The van der Waals surface area contributed by atoms with Crippen molar-refractivity contribution in [2.45, 2.75) is 38.0 Å². The molecule has 21 heavy (non-hydrogen) atoms. The van der Waals surface area contributed by atoms with Crippen LogP contribution < -0.4 is 10.1 Å². The van der Waals surface area contributed by atoms with E-state index in [4.69, 9.17) is 4.74 Å². The molecule has 0 radical (unpaired) electrons. The molecular formula is C14H18ClF3N2O. The highest BCUT2D eigenvalue weighted by Crippen LogP contribution is 2.50. The van der Waals surface area contributed by atoms with E-state index in [9.17, 15) is 13.2 Å². The maximum atomic E-state index is 12.9. The number of piperidine rings is 1. The van der Waals surface area contributed by atoms with Crippen molar-refractivity contribution in [3.63, 3.8) is 0 Å². The van der Waals surface area contributed by atoms with Crippen molar-refractivity contribution >= 4 is 12.4 Å². The van der Waals surface area contributed by atoms with E-state index < -0.39 is 11.9 Å². The van der Waals surface area contributed by atoms with Gasteiger partial charge in [-0.3, -0.25) is 0 Å². The fourth-order valence-electron chi connectivity index (χ4n) is 3.20. The molecule has 1 saturated carbocycles. The fraction of sp³-hybridized carbons (Fsp3) is 0.643. The highest BCUT2D eigenvalue weighted by Gasteiger charge is 2.49. The molecule has 0 amide bonds. The van der Waals surface area contributed by atoms with Crippen LogP contribution in [-0.2, 0) is 6.18 Å². The molecule has 1 atom stereocenters. The Labute approximate surface area is 127 Å².